The van der Waals surface area contributed by atoms with Crippen molar-refractivity contribution < 1.29 is 19.2 Å². The number of benzene rings is 2. The van der Waals surface area contributed by atoms with Crippen LogP contribution in [0, 0.1) is 10.1 Å². The molecule has 0 spiro atoms. The maximum atomic E-state index is 12.1. The van der Waals surface area contributed by atoms with Gasteiger partial charge in [-0.1, -0.05) is 11.6 Å². The van der Waals surface area contributed by atoms with Crippen LogP contribution in [0.5, 0.6) is 11.5 Å². The molecule has 0 heterocycles. The highest BCUT2D eigenvalue weighted by molar-refractivity contribution is 6.30. The number of ether oxygens (including phenoxy) is 2. The minimum Gasteiger partial charge on any atom is -0.496 e. The smallest absolute Gasteiger partial charge is 0.312 e. The molecule has 26 heavy (non-hydrogen) atoms. The summed E-state index contributed by atoms with van der Waals surface area (Å²) in [6.45, 7) is 2.03. The summed E-state index contributed by atoms with van der Waals surface area (Å²) in [5.41, 5.74) is 0.700. The fourth-order valence-electron chi connectivity index (χ4n) is 2.20. The summed E-state index contributed by atoms with van der Waals surface area (Å²) in [4.78, 5) is 22.6. The molecule has 0 atom stereocenters. The predicted molar refractivity (Wildman–Crippen MR) is 99.9 cm³/mol. The van der Waals surface area contributed by atoms with E-state index in [1.54, 1.807) is 31.2 Å². The van der Waals surface area contributed by atoms with Gasteiger partial charge in [-0.2, -0.15) is 0 Å². The zero-order valence-electron chi connectivity index (χ0n) is 14.2. The molecule has 1 N–H and O–H groups in total. The van der Waals surface area contributed by atoms with Gasteiger partial charge in [0.25, 0.3) is 0 Å². The minimum atomic E-state index is -0.562. The highest BCUT2D eigenvalue weighted by atomic mass is 35.5. The number of nitro groups is 1. The molecule has 0 bridgehead atoms. The van der Waals surface area contributed by atoms with E-state index in [9.17, 15) is 14.9 Å². The summed E-state index contributed by atoms with van der Waals surface area (Å²) in [5, 5.41) is 14.2. The van der Waals surface area contributed by atoms with E-state index in [0.29, 0.717) is 22.9 Å². The second-order valence-electron chi connectivity index (χ2n) is 5.08. The Labute approximate surface area is 155 Å². The van der Waals surface area contributed by atoms with Crippen LogP contribution in [0.3, 0.4) is 0 Å². The number of nitrogens with one attached hydrogen (secondary N) is 1. The lowest BCUT2D eigenvalue weighted by molar-refractivity contribution is -0.385. The van der Waals surface area contributed by atoms with Crippen molar-refractivity contribution in [2.75, 3.05) is 19.0 Å². The Morgan fingerprint density at radius 1 is 1.27 bits per heavy atom. The van der Waals surface area contributed by atoms with Crippen LogP contribution in [0.15, 0.2) is 42.5 Å². The third-order valence-electron chi connectivity index (χ3n) is 3.33. The molecule has 136 valence electrons. The van der Waals surface area contributed by atoms with Crippen molar-refractivity contribution in [3.8, 4) is 11.5 Å². The first-order chi connectivity index (χ1) is 12.4. The van der Waals surface area contributed by atoms with E-state index in [4.69, 9.17) is 21.1 Å². The van der Waals surface area contributed by atoms with Crippen molar-refractivity contribution in [1.82, 2.24) is 0 Å². The Morgan fingerprint density at radius 3 is 2.65 bits per heavy atom. The lowest BCUT2D eigenvalue weighted by Crippen LogP contribution is -2.08. The number of anilines is 1. The maximum Gasteiger partial charge on any atom is 0.312 e. The number of rotatable bonds is 7. The number of halogens is 1. The van der Waals surface area contributed by atoms with Gasteiger partial charge in [-0.05, 0) is 43.3 Å². The van der Waals surface area contributed by atoms with E-state index in [-0.39, 0.29) is 17.1 Å². The van der Waals surface area contributed by atoms with Crippen molar-refractivity contribution in [3.63, 3.8) is 0 Å². The number of nitrogens with zero attached hydrogens (tertiary/aromatic N) is 1. The molecule has 0 saturated carbocycles. The Bertz CT molecular complexity index is 851. The van der Waals surface area contributed by atoms with Crippen LogP contribution in [0.25, 0.3) is 6.08 Å². The molecule has 0 aliphatic carbocycles. The molecular weight excluding hydrogens is 360 g/mol. The van der Waals surface area contributed by atoms with E-state index >= 15 is 0 Å². The largest absolute Gasteiger partial charge is 0.496 e. The molecule has 0 fully saturated rings. The van der Waals surface area contributed by atoms with Gasteiger partial charge in [0.2, 0.25) is 5.91 Å². The fourth-order valence-corrected chi connectivity index (χ4v) is 2.38. The van der Waals surface area contributed by atoms with Crippen LogP contribution in [0.1, 0.15) is 12.5 Å². The molecule has 0 saturated heterocycles. The topological polar surface area (TPSA) is 90.7 Å². The van der Waals surface area contributed by atoms with Crippen LogP contribution in [-0.2, 0) is 4.79 Å². The van der Waals surface area contributed by atoms with Crippen molar-refractivity contribution in [2.24, 2.45) is 0 Å². The fraction of sp³-hybridized carbons (Fsp3) is 0.167. The van der Waals surface area contributed by atoms with Crippen molar-refractivity contribution >= 4 is 35.0 Å². The summed E-state index contributed by atoms with van der Waals surface area (Å²) >= 11 is 5.94. The third kappa shape index (κ3) is 4.97. The van der Waals surface area contributed by atoms with Crippen LogP contribution in [-0.4, -0.2) is 24.5 Å². The summed E-state index contributed by atoms with van der Waals surface area (Å²) < 4.78 is 10.4. The highest BCUT2D eigenvalue weighted by Crippen LogP contribution is 2.30. The molecule has 0 aliphatic heterocycles. The predicted octanol–water partition coefficient (Wildman–Crippen LogP) is 4.31. The van der Waals surface area contributed by atoms with E-state index < -0.39 is 10.8 Å². The number of hydrogen-bond acceptors (Lipinski definition) is 5. The van der Waals surface area contributed by atoms with E-state index in [1.165, 1.54) is 31.4 Å². The van der Waals surface area contributed by atoms with Gasteiger partial charge < -0.3 is 14.8 Å². The molecule has 2 rings (SSSR count). The van der Waals surface area contributed by atoms with Gasteiger partial charge in [0.1, 0.15) is 5.75 Å². The molecule has 2 aromatic rings. The van der Waals surface area contributed by atoms with Gasteiger partial charge in [-0.15, -0.1) is 0 Å². The zero-order chi connectivity index (χ0) is 19.1. The lowest BCUT2D eigenvalue weighted by atomic mass is 10.2. The van der Waals surface area contributed by atoms with Crippen molar-refractivity contribution in [1.29, 1.82) is 0 Å². The summed E-state index contributed by atoms with van der Waals surface area (Å²) in [5.74, 6) is 0.260. The van der Waals surface area contributed by atoms with E-state index in [0.717, 1.165) is 0 Å². The molecule has 7 nitrogen and oxygen atoms in total. The van der Waals surface area contributed by atoms with Crippen molar-refractivity contribution in [3.05, 3.63) is 63.2 Å². The van der Waals surface area contributed by atoms with Gasteiger partial charge >= 0.3 is 5.69 Å². The number of carbonyl (C=O) groups is 1. The van der Waals surface area contributed by atoms with Crippen LogP contribution >= 0.6 is 11.6 Å². The number of amides is 1. The lowest BCUT2D eigenvalue weighted by Gasteiger charge is -2.07. The van der Waals surface area contributed by atoms with E-state index in [1.807, 2.05) is 0 Å². The monoisotopic (exact) mass is 376 g/mol. The quantitative estimate of drug-likeness (QED) is 0.441. The molecule has 0 unspecified atom stereocenters. The number of nitro benzene ring substituents is 1. The van der Waals surface area contributed by atoms with Crippen LogP contribution in [0.4, 0.5) is 11.4 Å². The maximum absolute atomic E-state index is 12.1. The Balaban J connectivity index is 2.16. The average Bonchev–Trinajstić information content (AvgIpc) is 2.61. The van der Waals surface area contributed by atoms with Gasteiger partial charge in [0.05, 0.1) is 18.6 Å². The van der Waals surface area contributed by atoms with Crippen LogP contribution in [0.2, 0.25) is 5.02 Å². The number of methoxy groups -OCH3 is 1. The standard InChI is InChI=1S/C18H17ClN2O5/c1-3-26-17-8-6-14(11-15(17)21(23)24)20-18(22)9-4-12-10-13(19)5-7-16(12)25-2/h4-11H,3H2,1-2H3,(H,20,22)/b9-4+. The zero-order valence-corrected chi connectivity index (χ0v) is 14.9. The summed E-state index contributed by atoms with van der Waals surface area (Å²) in [6, 6.07) is 9.25. The van der Waals surface area contributed by atoms with Crippen LogP contribution < -0.4 is 14.8 Å². The van der Waals surface area contributed by atoms with Gasteiger partial charge in [-0.3, -0.25) is 14.9 Å². The number of carbonyl (C=O) groups excluding carboxylic acids is 1. The first-order valence-electron chi connectivity index (χ1n) is 7.68. The summed E-state index contributed by atoms with van der Waals surface area (Å²) in [7, 11) is 1.51. The Morgan fingerprint density at radius 2 is 2.00 bits per heavy atom. The first kappa shape index (κ1) is 19.3. The van der Waals surface area contributed by atoms with Gasteiger partial charge in [0.15, 0.2) is 5.75 Å². The Hall–Kier alpha value is -3.06. The molecule has 2 aromatic carbocycles. The SMILES string of the molecule is CCOc1ccc(NC(=O)/C=C/c2cc(Cl)ccc2OC)cc1[N+](=O)[O-]. The van der Waals surface area contributed by atoms with E-state index in [2.05, 4.69) is 5.32 Å². The normalized spacial score (nSPS) is 10.6. The molecular formula is C18H17ClN2O5. The Kier molecular flexibility index (Phi) is 6.57. The highest BCUT2D eigenvalue weighted by Gasteiger charge is 2.16. The van der Waals surface area contributed by atoms with Gasteiger partial charge in [-0.25, -0.2) is 0 Å². The first-order valence-corrected chi connectivity index (χ1v) is 8.06. The minimum absolute atomic E-state index is 0.148. The number of hydrogen-bond donors (Lipinski definition) is 1. The van der Waals surface area contributed by atoms with Crippen molar-refractivity contribution in [2.45, 2.75) is 6.92 Å². The molecule has 0 aliphatic rings. The second-order valence-corrected chi connectivity index (χ2v) is 5.52. The average molecular weight is 377 g/mol. The molecule has 0 radical (unpaired) electrons. The third-order valence-corrected chi connectivity index (χ3v) is 3.56. The summed E-state index contributed by atoms with van der Waals surface area (Å²) in [6.07, 6.45) is 2.83. The second kappa shape index (κ2) is 8.87. The molecule has 8 heteroatoms. The van der Waals surface area contributed by atoms with Gasteiger partial charge in [0, 0.05) is 28.4 Å². The molecule has 0 aromatic heterocycles. The molecule has 1 amide bonds.